The Balaban J connectivity index is 2.34. The van der Waals surface area contributed by atoms with E-state index in [2.05, 4.69) is 19.9 Å². The molecule has 0 bridgehead atoms. The summed E-state index contributed by atoms with van der Waals surface area (Å²) < 4.78 is 9.43. The van der Waals surface area contributed by atoms with Gasteiger partial charge in [-0.15, -0.1) is 0 Å². The number of rotatable bonds is 2. The van der Waals surface area contributed by atoms with Gasteiger partial charge in [0.15, 0.2) is 0 Å². The minimum atomic E-state index is -0.723. The van der Waals surface area contributed by atoms with Crippen LogP contribution >= 0.6 is 0 Å². The van der Waals surface area contributed by atoms with Gasteiger partial charge in [-0.05, 0) is 10.1 Å². The van der Waals surface area contributed by atoms with Crippen molar-refractivity contribution in [1.82, 2.24) is 0 Å². The van der Waals surface area contributed by atoms with E-state index in [1.165, 1.54) is 14.2 Å². The predicted molar refractivity (Wildman–Crippen MR) is 25.9 cm³/mol. The van der Waals surface area contributed by atoms with E-state index in [0.717, 1.165) is 0 Å². The minimum Gasteiger partial charge on any atom is -0.349 e. The van der Waals surface area contributed by atoms with E-state index in [4.69, 9.17) is 9.47 Å². The maximum atomic E-state index is 4.72. The molecule has 0 radical (unpaired) electrons. The van der Waals surface area contributed by atoms with Gasteiger partial charge in [0.1, 0.15) is 0 Å². The van der Waals surface area contributed by atoms with Crippen LogP contribution in [0.1, 0.15) is 0 Å². The summed E-state index contributed by atoms with van der Waals surface area (Å²) in [5.74, 6) is 0. The average Bonchev–Trinajstić information content (AvgIpc) is 2.04. The van der Waals surface area contributed by atoms with Gasteiger partial charge in [-0.25, -0.2) is 0 Å². The van der Waals surface area contributed by atoms with E-state index in [9.17, 15) is 0 Å². The highest BCUT2D eigenvalue weighted by atomic mass is 17.7. The molecule has 1 fully saturated rings. The molecule has 0 amide bonds. The SMILES string of the molecule is COC1OOOOC1OC. The summed E-state index contributed by atoms with van der Waals surface area (Å²) in [5.41, 5.74) is 0. The Bertz CT molecular complexity index is 83.7. The molecule has 6 heteroatoms. The lowest BCUT2D eigenvalue weighted by Gasteiger charge is -2.24. The summed E-state index contributed by atoms with van der Waals surface area (Å²) in [7, 11) is 2.85. The molecule has 2 atom stereocenters. The largest absolute Gasteiger partial charge is 0.349 e. The van der Waals surface area contributed by atoms with E-state index in [-0.39, 0.29) is 0 Å². The van der Waals surface area contributed by atoms with E-state index >= 15 is 0 Å². The number of methoxy groups -OCH3 is 2. The van der Waals surface area contributed by atoms with Gasteiger partial charge < -0.3 is 9.47 Å². The van der Waals surface area contributed by atoms with Crippen LogP contribution in [0, 0.1) is 0 Å². The molecular weight excluding hydrogens is 144 g/mol. The molecule has 0 aromatic carbocycles. The molecule has 0 N–H and O–H groups in total. The number of hydrogen-bond donors (Lipinski definition) is 0. The van der Waals surface area contributed by atoms with Crippen LogP contribution in [0.25, 0.3) is 0 Å². The van der Waals surface area contributed by atoms with Crippen molar-refractivity contribution in [3.63, 3.8) is 0 Å². The molecule has 1 heterocycles. The molecule has 0 saturated carbocycles. The monoisotopic (exact) mass is 152 g/mol. The summed E-state index contributed by atoms with van der Waals surface area (Å²) in [6.07, 6.45) is -1.45. The van der Waals surface area contributed by atoms with Crippen molar-refractivity contribution in [2.45, 2.75) is 12.6 Å². The smallest absolute Gasteiger partial charge is 0.249 e. The minimum absolute atomic E-state index is 0.723. The molecule has 0 aromatic heterocycles. The molecule has 60 valence electrons. The first kappa shape index (κ1) is 7.86. The molecule has 10 heavy (non-hydrogen) atoms. The van der Waals surface area contributed by atoms with E-state index in [0.29, 0.717) is 0 Å². The van der Waals surface area contributed by atoms with Crippen molar-refractivity contribution in [2.75, 3.05) is 14.2 Å². The molecular formula is C4H8O6. The van der Waals surface area contributed by atoms with Crippen molar-refractivity contribution >= 4 is 0 Å². The van der Waals surface area contributed by atoms with Crippen LogP contribution in [0.4, 0.5) is 0 Å². The molecule has 6 nitrogen and oxygen atoms in total. The molecule has 0 aromatic rings. The summed E-state index contributed by atoms with van der Waals surface area (Å²) in [4.78, 5) is 8.87. The third-order valence-electron chi connectivity index (χ3n) is 0.983. The predicted octanol–water partition coefficient (Wildman–Crippen LogP) is -0.244. The van der Waals surface area contributed by atoms with Gasteiger partial charge in [-0.2, -0.15) is 9.78 Å². The van der Waals surface area contributed by atoms with Gasteiger partial charge >= 0.3 is 0 Å². The molecule has 1 saturated heterocycles. The van der Waals surface area contributed by atoms with Crippen molar-refractivity contribution in [3.8, 4) is 0 Å². The van der Waals surface area contributed by atoms with Crippen LogP contribution in [0.3, 0.4) is 0 Å². The Labute approximate surface area is 57.3 Å². The molecule has 0 spiro atoms. The third kappa shape index (κ3) is 1.63. The molecule has 2 unspecified atom stereocenters. The van der Waals surface area contributed by atoms with Crippen molar-refractivity contribution in [2.24, 2.45) is 0 Å². The van der Waals surface area contributed by atoms with Crippen LogP contribution in [0.2, 0.25) is 0 Å². The first-order chi connectivity index (χ1) is 4.88. The van der Waals surface area contributed by atoms with Crippen LogP contribution in [0.15, 0.2) is 0 Å². The molecule has 1 aliphatic heterocycles. The van der Waals surface area contributed by atoms with Crippen LogP contribution in [0.5, 0.6) is 0 Å². The molecule has 0 aliphatic carbocycles. The summed E-state index contributed by atoms with van der Waals surface area (Å²) >= 11 is 0. The fourth-order valence-electron chi connectivity index (χ4n) is 0.501. The van der Waals surface area contributed by atoms with Gasteiger partial charge in [-0.1, -0.05) is 0 Å². The summed E-state index contributed by atoms with van der Waals surface area (Å²) in [6, 6.07) is 0. The van der Waals surface area contributed by atoms with Gasteiger partial charge in [0.25, 0.3) is 0 Å². The van der Waals surface area contributed by atoms with Gasteiger partial charge in [-0.3, -0.25) is 0 Å². The van der Waals surface area contributed by atoms with E-state index in [1.54, 1.807) is 0 Å². The van der Waals surface area contributed by atoms with E-state index in [1.807, 2.05) is 0 Å². The Morgan fingerprint density at radius 3 is 1.60 bits per heavy atom. The second-order valence-corrected chi connectivity index (χ2v) is 1.54. The lowest BCUT2D eigenvalue weighted by Crippen LogP contribution is -2.38. The number of hydrogen-bond acceptors (Lipinski definition) is 6. The van der Waals surface area contributed by atoms with Crippen LogP contribution in [-0.2, 0) is 29.3 Å². The quantitative estimate of drug-likeness (QED) is 0.509. The highest BCUT2D eigenvalue weighted by Crippen LogP contribution is 2.12. The van der Waals surface area contributed by atoms with Gasteiger partial charge in [0.05, 0.1) is 0 Å². The zero-order chi connectivity index (χ0) is 7.40. The normalized spacial score (nSPS) is 34.2. The summed E-state index contributed by atoms with van der Waals surface area (Å²) in [6.45, 7) is 0. The maximum absolute atomic E-state index is 4.72. The Kier molecular flexibility index (Phi) is 3.00. The highest BCUT2D eigenvalue weighted by Gasteiger charge is 2.30. The Morgan fingerprint density at radius 1 is 0.900 bits per heavy atom. The lowest BCUT2D eigenvalue weighted by molar-refractivity contribution is -0.717. The third-order valence-corrected chi connectivity index (χ3v) is 0.983. The first-order valence-electron chi connectivity index (χ1n) is 2.59. The Hall–Kier alpha value is -0.240. The zero-order valence-corrected chi connectivity index (χ0v) is 5.60. The van der Waals surface area contributed by atoms with Gasteiger partial charge in [0.2, 0.25) is 12.6 Å². The van der Waals surface area contributed by atoms with Crippen molar-refractivity contribution < 1.29 is 29.3 Å². The van der Waals surface area contributed by atoms with Crippen LogP contribution in [-0.4, -0.2) is 26.8 Å². The fourth-order valence-corrected chi connectivity index (χ4v) is 0.501. The average molecular weight is 152 g/mol. The lowest BCUT2D eigenvalue weighted by atomic mass is 10.6. The molecule has 1 rings (SSSR count). The zero-order valence-electron chi connectivity index (χ0n) is 5.60. The Morgan fingerprint density at radius 2 is 1.30 bits per heavy atom. The van der Waals surface area contributed by atoms with Crippen LogP contribution < -0.4 is 0 Å². The number of ether oxygens (including phenoxy) is 2. The first-order valence-corrected chi connectivity index (χ1v) is 2.59. The van der Waals surface area contributed by atoms with Crippen molar-refractivity contribution in [1.29, 1.82) is 0 Å². The second-order valence-electron chi connectivity index (χ2n) is 1.54. The van der Waals surface area contributed by atoms with Gasteiger partial charge in [0, 0.05) is 14.2 Å². The maximum Gasteiger partial charge on any atom is 0.249 e. The topological polar surface area (TPSA) is 55.4 Å². The van der Waals surface area contributed by atoms with E-state index < -0.39 is 12.6 Å². The fraction of sp³-hybridized carbons (Fsp3) is 1.00. The highest BCUT2D eigenvalue weighted by molar-refractivity contribution is 4.44. The second kappa shape index (κ2) is 3.81. The standard InChI is InChI=1S/C4H8O6/c1-5-3-4(6-2)8-10-9-7-3/h3-4H,1-2H3. The molecule has 1 aliphatic rings. The summed E-state index contributed by atoms with van der Waals surface area (Å²) in [5, 5.41) is 7.96. The van der Waals surface area contributed by atoms with Crippen molar-refractivity contribution in [3.05, 3.63) is 0 Å².